The van der Waals surface area contributed by atoms with Crippen molar-refractivity contribution in [3.05, 3.63) is 60.2 Å². The van der Waals surface area contributed by atoms with Crippen LogP contribution in [0.5, 0.6) is 5.75 Å². The molecule has 0 saturated carbocycles. The summed E-state index contributed by atoms with van der Waals surface area (Å²) in [6, 6.07) is 15.4. The zero-order valence-electron chi connectivity index (χ0n) is 12.6. The van der Waals surface area contributed by atoms with Crippen molar-refractivity contribution in [3.8, 4) is 11.4 Å². The fourth-order valence-corrected chi connectivity index (χ4v) is 2.66. The van der Waals surface area contributed by atoms with Crippen LogP contribution < -0.4 is 0 Å². The first-order chi connectivity index (χ1) is 11.7. The Bertz CT molecular complexity index is 806. The SMILES string of the molecule is O=C(OCCSc1nnnn1-c1ccc(O)cc1)c1ccccc1. The van der Waals surface area contributed by atoms with Crippen LogP contribution in [-0.4, -0.2) is 43.6 Å². The van der Waals surface area contributed by atoms with Crippen LogP contribution in [0.15, 0.2) is 59.8 Å². The number of carbonyl (C=O) groups is 1. The number of benzene rings is 2. The highest BCUT2D eigenvalue weighted by Crippen LogP contribution is 2.19. The molecule has 7 nitrogen and oxygen atoms in total. The number of ether oxygens (including phenoxy) is 1. The van der Waals surface area contributed by atoms with Crippen molar-refractivity contribution in [3.63, 3.8) is 0 Å². The minimum Gasteiger partial charge on any atom is -0.508 e. The average Bonchev–Trinajstić information content (AvgIpc) is 3.08. The molecule has 24 heavy (non-hydrogen) atoms. The van der Waals surface area contributed by atoms with Crippen LogP contribution in [0.3, 0.4) is 0 Å². The van der Waals surface area contributed by atoms with E-state index in [9.17, 15) is 9.90 Å². The van der Waals surface area contributed by atoms with Crippen molar-refractivity contribution < 1.29 is 14.6 Å². The number of esters is 1. The second-order valence-electron chi connectivity index (χ2n) is 4.74. The Balaban J connectivity index is 1.54. The van der Waals surface area contributed by atoms with Crippen LogP contribution in [0.4, 0.5) is 0 Å². The number of phenolic OH excluding ortho intramolecular Hbond substituents is 1. The minimum atomic E-state index is -0.352. The molecule has 1 N–H and O–H groups in total. The quantitative estimate of drug-likeness (QED) is 0.418. The Morgan fingerprint density at radius 3 is 2.62 bits per heavy atom. The second kappa shape index (κ2) is 7.60. The van der Waals surface area contributed by atoms with Gasteiger partial charge in [-0.3, -0.25) is 0 Å². The molecule has 0 aliphatic carbocycles. The highest BCUT2D eigenvalue weighted by atomic mass is 32.2. The molecule has 0 saturated heterocycles. The third kappa shape index (κ3) is 3.90. The van der Waals surface area contributed by atoms with Crippen LogP contribution in [-0.2, 0) is 4.74 Å². The molecule has 0 amide bonds. The first-order valence-electron chi connectivity index (χ1n) is 7.17. The average molecular weight is 342 g/mol. The van der Waals surface area contributed by atoms with Gasteiger partial charge in [0, 0.05) is 5.75 Å². The first kappa shape index (κ1) is 16.0. The van der Waals surface area contributed by atoms with Crippen molar-refractivity contribution in [2.24, 2.45) is 0 Å². The van der Waals surface area contributed by atoms with E-state index in [4.69, 9.17) is 4.74 Å². The lowest BCUT2D eigenvalue weighted by Gasteiger charge is -2.05. The van der Waals surface area contributed by atoms with E-state index in [2.05, 4.69) is 15.5 Å². The molecular weight excluding hydrogens is 328 g/mol. The van der Waals surface area contributed by atoms with E-state index < -0.39 is 0 Å². The van der Waals surface area contributed by atoms with Gasteiger partial charge in [0.15, 0.2) is 0 Å². The maximum Gasteiger partial charge on any atom is 0.338 e. The molecule has 0 radical (unpaired) electrons. The van der Waals surface area contributed by atoms with Gasteiger partial charge < -0.3 is 9.84 Å². The van der Waals surface area contributed by atoms with E-state index in [1.807, 2.05) is 6.07 Å². The summed E-state index contributed by atoms with van der Waals surface area (Å²) in [6.07, 6.45) is 0. The van der Waals surface area contributed by atoms with E-state index >= 15 is 0 Å². The van der Waals surface area contributed by atoms with E-state index in [-0.39, 0.29) is 18.3 Å². The molecular formula is C16H14N4O3S. The van der Waals surface area contributed by atoms with Crippen LogP contribution in [0, 0.1) is 0 Å². The van der Waals surface area contributed by atoms with Gasteiger partial charge in [-0.15, -0.1) is 5.10 Å². The van der Waals surface area contributed by atoms with Gasteiger partial charge in [0.25, 0.3) is 0 Å². The lowest BCUT2D eigenvalue weighted by Crippen LogP contribution is -2.08. The predicted molar refractivity (Wildman–Crippen MR) is 88.3 cm³/mol. The van der Waals surface area contributed by atoms with Crippen molar-refractivity contribution in [1.29, 1.82) is 0 Å². The zero-order valence-corrected chi connectivity index (χ0v) is 13.4. The van der Waals surface area contributed by atoms with Crippen molar-refractivity contribution >= 4 is 17.7 Å². The fraction of sp³-hybridized carbons (Fsp3) is 0.125. The number of phenols is 1. The van der Waals surface area contributed by atoms with Crippen LogP contribution in [0.2, 0.25) is 0 Å². The highest BCUT2D eigenvalue weighted by molar-refractivity contribution is 7.99. The Morgan fingerprint density at radius 2 is 1.88 bits per heavy atom. The Morgan fingerprint density at radius 1 is 1.12 bits per heavy atom. The van der Waals surface area contributed by atoms with Crippen molar-refractivity contribution in [2.75, 3.05) is 12.4 Å². The molecule has 122 valence electrons. The standard InChI is InChI=1S/C16H14N4O3S/c21-14-8-6-13(7-9-14)20-16(17-18-19-20)24-11-10-23-15(22)12-4-2-1-3-5-12/h1-9,21H,10-11H2. The molecule has 0 aliphatic rings. The molecule has 0 fully saturated rings. The van der Waals surface area contributed by atoms with Gasteiger partial charge in [-0.1, -0.05) is 30.0 Å². The van der Waals surface area contributed by atoms with Gasteiger partial charge in [0.1, 0.15) is 12.4 Å². The zero-order chi connectivity index (χ0) is 16.8. The normalized spacial score (nSPS) is 10.5. The molecule has 1 heterocycles. The Labute approximate surface area is 142 Å². The topological polar surface area (TPSA) is 90.1 Å². The summed E-state index contributed by atoms with van der Waals surface area (Å²) in [4.78, 5) is 11.8. The van der Waals surface area contributed by atoms with E-state index in [1.54, 1.807) is 53.2 Å². The number of aromatic nitrogens is 4. The summed E-state index contributed by atoms with van der Waals surface area (Å²) in [5.41, 5.74) is 1.26. The summed E-state index contributed by atoms with van der Waals surface area (Å²) in [5.74, 6) is 0.347. The molecule has 2 aromatic carbocycles. The molecule has 0 unspecified atom stereocenters. The molecule has 1 aromatic heterocycles. The predicted octanol–water partition coefficient (Wildman–Crippen LogP) is 2.32. The van der Waals surface area contributed by atoms with E-state index in [0.29, 0.717) is 16.5 Å². The van der Waals surface area contributed by atoms with Crippen molar-refractivity contribution in [2.45, 2.75) is 5.16 Å². The van der Waals surface area contributed by atoms with E-state index in [1.165, 1.54) is 11.8 Å². The van der Waals surface area contributed by atoms with Crippen LogP contribution in [0.25, 0.3) is 5.69 Å². The third-order valence-electron chi connectivity index (χ3n) is 3.09. The molecule has 0 atom stereocenters. The lowest BCUT2D eigenvalue weighted by atomic mass is 10.2. The largest absolute Gasteiger partial charge is 0.508 e. The molecule has 0 spiro atoms. The maximum atomic E-state index is 11.8. The smallest absolute Gasteiger partial charge is 0.338 e. The molecule has 8 heteroatoms. The molecule has 3 aromatic rings. The summed E-state index contributed by atoms with van der Waals surface area (Å²) in [6.45, 7) is 0.251. The highest BCUT2D eigenvalue weighted by Gasteiger charge is 2.10. The van der Waals surface area contributed by atoms with Crippen molar-refractivity contribution in [1.82, 2.24) is 20.2 Å². The summed E-state index contributed by atoms with van der Waals surface area (Å²) in [5, 5.41) is 21.4. The minimum absolute atomic E-state index is 0.175. The monoisotopic (exact) mass is 342 g/mol. The summed E-state index contributed by atoms with van der Waals surface area (Å²) >= 11 is 1.38. The number of aromatic hydroxyl groups is 1. The molecule has 0 bridgehead atoms. The first-order valence-corrected chi connectivity index (χ1v) is 8.15. The number of rotatable bonds is 6. The molecule has 3 rings (SSSR count). The maximum absolute atomic E-state index is 11.8. The number of hydrogen-bond donors (Lipinski definition) is 1. The van der Waals surface area contributed by atoms with E-state index in [0.717, 1.165) is 5.69 Å². The fourth-order valence-electron chi connectivity index (χ4n) is 1.95. The van der Waals surface area contributed by atoms with Gasteiger partial charge in [0.2, 0.25) is 5.16 Å². The van der Waals surface area contributed by atoms with Crippen LogP contribution in [0.1, 0.15) is 10.4 Å². The number of hydrogen-bond acceptors (Lipinski definition) is 7. The number of thioether (sulfide) groups is 1. The lowest BCUT2D eigenvalue weighted by molar-refractivity contribution is 0.0530. The Kier molecular flexibility index (Phi) is 5.07. The summed E-state index contributed by atoms with van der Waals surface area (Å²) < 4.78 is 6.78. The summed E-state index contributed by atoms with van der Waals surface area (Å²) in [7, 11) is 0. The van der Waals surface area contributed by atoms with Crippen LogP contribution >= 0.6 is 11.8 Å². The number of nitrogens with zero attached hydrogens (tertiary/aromatic N) is 4. The number of carbonyl (C=O) groups excluding carboxylic acids is 1. The van der Waals surface area contributed by atoms with Gasteiger partial charge in [-0.2, -0.15) is 4.68 Å². The Hall–Kier alpha value is -2.87. The van der Waals surface area contributed by atoms with Gasteiger partial charge in [-0.05, 0) is 46.8 Å². The second-order valence-corrected chi connectivity index (χ2v) is 5.80. The van der Waals surface area contributed by atoms with Gasteiger partial charge >= 0.3 is 5.97 Å². The third-order valence-corrected chi connectivity index (χ3v) is 3.98. The van der Waals surface area contributed by atoms with Gasteiger partial charge in [0.05, 0.1) is 11.3 Å². The number of tetrazole rings is 1. The van der Waals surface area contributed by atoms with Gasteiger partial charge in [-0.25, -0.2) is 4.79 Å². The molecule has 0 aliphatic heterocycles.